The number of benzene rings is 1. The Hall–Kier alpha value is -1.39. The molecule has 0 bridgehead atoms. The van der Waals surface area contributed by atoms with Crippen molar-refractivity contribution in [2.24, 2.45) is 0 Å². The fourth-order valence-electron chi connectivity index (χ4n) is 1.95. The van der Waals surface area contributed by atoms with Crippen LogP contribution < -0.4 is 10.1 Å². The number of hydrogen-bond donors (Lipinski definition) is 1. The molecular formula is C17H22FNOS. The Morgan fingerprint density at radius 3 is 2.67 bits per heavy atom. The van der Waals surface area contributed by atoms with Crippen molar-refractivity contribution < 1.29 is 9.13 Å². The molecule has 21 heavy (non-hydrogen) atoms. The number of thiophene rings is 1. The summed E-state index contributed by atoms with van der Waals surface area (Å²) >= 11 is 1.78. The third-order valence-corrected chi connectivity index (χ3v) is 4.39. The molecule has 0 atom stereocenters. The van der Waals surface area contributed by atoms with Gasteiger partial charge >= 0.3 is 0 Å². The molecule has 1 N–H and O–H groups in total. The van der Waals surface area contributed by atoms with Crippen LogP contribution in [0.25, 0.3) is 0 Å². The molecule has 0 saturated carbocycles. The maximum Gasteiger partial charge on any atom is 0.129 e. The maximum atomic E-state index is 13.5. The molecule has 114 valence electrons. The van der Waals surface area contributed by atoms with Crippen molar-refractivity contribution in [3.63, 3.8) is 0 Å². The molecule has 0 aliphatic heterocycles. The number of nitrogens with one attached hydrogen (secondary N) is 1. The van der Waals surface area contributed by atoms with E-state index in [1.54, 1.807) is 30.4 Å². The van der Waals surface area contributed by atoms with Gasteiger partial charge in [-0.15, -0.1) is 11.3 Å². The lowest BCUT2D eigenvalue weighted by molar-refractivity contribution is 0.304. The topological polar surface area (TPSA) is 21.3 Å². The van der Waals surface area contributed by atoms with Gasteiger partial charge in [0.15, 0.2) is 0 Å². The quantitative estimate of drug-likeness (QED) is 0.843. The van der Waals surface area contributed by atoms with Crippen molar-refractivity contribution >= 4 is 11.3 Å². The summed E-state index contributed by atoms with van der Waals surface area (Å²) in [5, 5.41) is 3.41. The first-order valence-electron chi connectivity index (χ1n) is 7.16. The number of ether oxygens (including phenoxy) is 1. The number of aryl methyl sites for hydroxylation is 2. The average molecular weight is 307 g/mol. The molecule has 0 radical (unpaired) electrons. The van der Waals surface area contributed by atoms with Crippen LogP contribution in [0.4, 0.5) is 4.39 Å². The number of rotatable bonds is 6. The first kappa shape index (κ1) is 16.0. The number of halogens is 1. The molecule has 0 saturated heterocycles. The molecule has 0 fully saturated rings. The van der Waals surface area contributed by atoms with E-state index < -0.39 is 0 Å². The summed E-state index contributed by atoms with van der Waals surface area (Å²) < 4.78 is 19.2. The molecule has 0 unspecified atom stereocenters. The van der Waals surface area contributed by atoms with Gasteiger partial charge in [0.05, 0.1) is 0 Å². The normalized spacial score (nSPS) is 11.1. The van der Waals surface area contributed by atoms with Crippen molar-refractivity contribution in [1.29, 1.82) is 0 Å². The third kappa shape index (κ3) is 4.55. The lowest BCUT2D eigenvalue weighted by atomic mass is 10.2. The van der Waals surface area contributed by atoms with Gasteiger partial charge < -0.3 is 10.1 Å². The van der Waals surface area contributed by atoms with E-state index in [2.05, 4.69) is 32.2 Å². The molecule has 0 amide bonds. The lowest BCUT2D eigenvalue weighted by Gasteiger charge is -2.07. The summed E-state index contributed by atoms with van der Waals surface area (Å²) in [5.74, 6) is 0.349. The van der Waals surface area contributed by atoms with E-state index >= 15 is 0 Å². The summed E-state index contributed by atoms with van der Waals surface area (Å²) in [5.41, 5.74) is 1.80. The minimum Gasteiger partial charge on any atom is -0.489 e. The number of hydrogen-bond acceptors (Lipinski definition) is 3. The highest BCUT2D eigenvalue weighted by Gasteiger charge is 2.07. The molecule has 0 aliphatic carbocycles. The highest BCUT2D eigenvalue weighted by Crippen LogP contribution is 2.24. The standard InChI is InChI=1S/C17H22FNOS/c1-11(2)19-9-16-7-14(13(4)21-16)10-20-15-6-5-12(3)17(18)8-15/h5-8,11,19H,9-10H2,1-4H3. The van der Waals surface area contributed by atoms with Crippen molar-refractivity contribution in [2.75, 3.05) is 0 Å². The highest BCUT2D eigenvalue weighted by molar-refractivity contribution is 7.12. The molecule has 1 aromatic heterocycles. The molecule has 1 heterocycles. The van der Waals surface area contributed by atoms with Crippen LogP contribution in [0.3, 0.4) is 0 Å². The molecular weight excluding hydrogens is 285 g/mol. The van der Waals surface area contributed by atoms with Crippen LogP contribution in [0.2, 0.25) is 0 Å². The van der Waals surface area contributed by atoms with Crippen molar-refractivity contribution in [3.05, 3.63) is 51.0 Å². The van der Waals surface area contributed by atoms with E-state index in [1.165, 1.54) is 21.4 Å². The zero-order valence-corrected chi connectivity index (χ0v) is 13.8. The third-order valence-electron chi connectivity index (χ3n) is 3.29. The van der Waals surface area contributed by atoms with E-state index in [9.17, 15) is 4.39 Å². The van der Waals surface area contributed by atoms with Crippen molar-refractivity contribution in [2.45, 2.75) is 46.9 Å². The fourth-order valence-corrected chi connectivity index (χ4v) is 2.95. The van der Waals surface area contributed by atoms with Crippen LogP contribution in [0, 0.1) is 19.7 Å². The van der Waals surface area contributed by atoms with E-state index in [1.807, 2.05) is 0 Å². The van der Waals surface area contributed by atoms with Gasteiger partial charge in [-0.2, -0.15) is 0 Å². The zero-order valence-electron chi connectivity index (χ0n) is 13.0. The Kier molecular flexibility index (Phi) is 5.37. The lowest BCUT2D eigenvalue weighted by Crippen LogP contribution is -2.21. The Bertz CT molecular complexity index is 607. The van der Waals surface area contributed by atoms with Crippen LogP contribution in [0.1, 0.15) is 34.7 Å². The van der Waals surface area contributed by atoms with Gasteiger partial charge in [0.25, 0.3) is 0 Å². The SMILES string of the molecule is Cc1ccc(OCc2cc(CNC(C)C)sc2C)cc1F. The predicted octanol–water partition coefficient (Wildman–Crippen LogP) is 4.58. The Balaban J connectivity index is 1.97. The van der Waals surface area contributed by atoms with Gasteiger partial charge in [-0.05, 0) is 31.5 Å². The van der Waals surface area contributed by atoms with Crippen LogP contribution in [0.15, 0.2) is 24.3 Å². The molecule has 2 aromatic rings. The summed E-state index contributed by atoms with van der Waals surface area (Å²) in [4.78, 5) is 2.55. The molecule has 0 aliphatic rings. The van der Waals surface area contributed by atoms with E-state index in [-0.39, 0.29) is 5.82 Å². The van der Waals surface area contributed by atoms with Gasteiger partial charge in [-0.1, -0.05) is 19.9 Å². The Labute approximate surface area is 130 Å². The predicted molar refractivity (Wildman–Crippen MR) is 86.5 cm³/mol. The summed E-state index contributed by atoms with van der Waals surface area (Å²) in [7, 11) is 0. The van der Waals surface area contributed by atoms with E-state index in [0.717, 1.165) is 6.54 Å². The smallest absolute Gasteiger partial charge is 0.129 e. The van der Waals surface area contributed by atoms with Crippen LogP contribution in [-0.2, 0) is 13.2 Å². The van der Waals surface area contributed by atoms with Gasteiger partial charge in [-0.25, -0.2) is 4.39 Å². The second-order valence-electron chi connectivity index (χ2n) is 5.53. The first-order valence-corrected chi connectivity index (χ1v) is 7.98. The molecule has 4 heteroatoms. The van der Waals surface area contributed by atoms with Crippen LogP contribution in [-0.4, -0.2) is 6.04 Å². The second-order valence-corrected chi connectivity index (χ2v) is 6.87. The summed E-state index contributed by atoms with van der Waals surface area (Å²) in [6.45, 7) is 9.47. The Morgan fingerprint density at radius 2 is 2.00 bits per heavy atom. The van der Waals surface area contributed by atoms with Gasteiger partial charge in [0.2, 0.25) is 0 Å². The van der Waals surface area contributed by atoms with E-state index in [4.69, 9.17) is 4.74 Å². The molecule has 2 nitrogen and oxygen atoms in total. The van der Waals surface area contributed by atoms with Crippen molar-refractivity contribution in [3.8, 4) is 5.75 Å². The maximum absolute atomic E-state index is 13.5. The Morgan fingerprint density at radius 1 is 1.24 bits per heavy atom. The van der Waals surface area contributed by atoms with Crippen LogP contribution >= 0.6 is 11.3 Å². The molecule has 0 spiro atoms. The summed E-state index contributed by atoms with van der Waals surface area (Å²) in [6, 6.07) is 7.63. The monoisotopic (exact) mass is 307 g/mol. The average Bonchev–Trinajstić information content (AvgIpc) is 2.78. The van der Waals surface area contributed by atoms with E-state index in [0.29, 0.717) is 24.0 Å². The zero-order chi connectivity index (χ0) is 15.4. The second kappa shape index (κ2) is 7.05. The van der Waals surface area contributed by atoms with Gasteiger partial charge in [-0.3, -0.25) is 0 Å². The van der Waals surface area contributed by atoms with Gasteiger partial charge in [0.1, 0.15) is 18.2 Å². The van der Waals surface area contributed by atoms with Crippen LogP contribution in [0.5, 0.6) is 5.75 Å². The minimum absolute atomic E-state index is 0.226. The molecule has 1 aromatic carbocycles. The highest BCUT2D eigenvalue weighted by atomic mass is 32.1. The first-order chi connectivity index (χ1) is 9.95. The minimum atomic E-state index is -0.226. The largest absolute Gasteiger partial charge is 0.489 e. The fraction of sp³-hybridized carbons (Fsp3) is 0.412. The summed E-state index contributed by atoms with van der Waals surface area (Å²) in [6.07, 6.45) is 0. The van der Waals surface area contributed by atoms with Crippen molar-refractivity contribution in [1.82, 2.24) is 5.32 Å². The molecule has 2 rings (SSSR count). The van der Waals surface area contributed by atoms with Gasteiger partial charge in [0, 0.05) is 34.0 Å².